The summed E-state index contributed by atoms with van der Waals surface area (Å²) >= 11 is 0. The molecule has 0 fully saturated rings. The van der Waals surface area contributed by atoms with Gasteiger partial charge in [-0.05, 0) is 27.7 Å². The third-order valence-corrected chi connectivity index (χ3v) is 3.94. The number of ketones is 2. The summed E-state index contributed by atoms with van der Waals surface area (Å²) in [4.78, 5) is 35.0. The van der Waals surface area contributed by atoms with Crippen molar-refractivity contribution in [2.24, 2.45) is 11.5 Å². The zero-order valence-electron chi connectivity index (χ0n) is 24.6. The molecule has 2 radical (unpaired) electrons. The number of aromatic nitrogens is 4. The van der Waals surface area contributed by atoms with Gasteiger partial charge in [-0.25, -0.2) is 19.9 Å². The summed E-state index contributed by atoms with van der Waals surface area (Å²) in [5.41, 5.74) is 12.2. The van der Waals surface area contributed by atoms with Crippen LogP contribution in [0.4, 0.5) is 0 Å². The molecule has 218 valence electrons. The minimum absolute atomic E-state index is 0. The predicted octanol–water partition coefficient (Wildman–Crippen LogP) is 0.905. The number of allylic oxidation sites excluding steroid dienone is 2. The van der Waals surface area contributed by atoms with Crippen molar-refractivity contribution in [3.8, 4) is 36.2 Å². The Labute approximate surface area is 296 Å². The van der Waals surface area contributed by atoms with Crippen LogP contribution in [0.3, 0.4) is 0 Å². The van der Waals surface area contributed by atoms with Gasteiger partial charge in [0.05, 0.1) is 22.8 Å². The van der Waals surface area contributed by atoms with E-state index in [1.165, 1.54) is 26.0 Å². The summed E-state index contributed by atoms with van der Waals surface area (Å²) in [7, 11) is 0. The van der Waals surface area contributed by atoms with Gasteiger partial charge >= 0.3 is 0 Å². The summed E-state index contributed by atoms with van der Waals surface area (Å²) < 4.78 is 0. The van der Waals surface area contributed by atoms with Crippen molar-refractivity contribution in [1.82, 2.24) is 19.9 Å². The van der Waals surface area contributed by atoms with E-state index in [0.717, 1.165) is 0 Å². The molecular weight excluding hydrogens is 696 g/mol. The molecule has 0 saturated heterocycles. The van der Waals surface area contributed by atoms with Crippen LogP contribution in [0.25, 0.3) is 0 Å². The van der Waals surface area contributed by atoms with Crippen molar-refractivity contribution in [3.05, 3.63) is 66.1 Å². The number of aryl methyl sites for hydroxylation is 4. The monoisotopic (exact) mass is 727 g/mol. The second-order valence-corrected chi connectivity index (χ2v) is 6.66. The molecule has 2 aromatic heterocycles. The van der Waals surface area contributed by atoms with Gasteiger partial charge in [0, 0.05) is 79.3 Å². The van der Waals surface area contributed by atoms with Crippen LogP contribution in [0.1, 0.15) is 53.7 Å². The first-order valence-electron chi connectivity index (χ1n) is 9.87. The van der Waals surface area contributed by atoms with E-state index < -0.39 is 0 Å². The number of nitrogens with two attached hydrogens (primary N) is 2. The Hall–Kier alpha value is -3.74. The third kappa shape index (κ3) is 21.1. The fourth-order valence-electron chi connectivity index (χ4n) is 1.55. The Bertz CT molecular complexity index is 1350. The second-order valence-electron chi connectivity index (χ2n) is 6.66. The van der Waals surface area contributed by atoms with Gasteiger partial charge < -0.3 is 36.9 Å². The molecule has 2 heterocycles. The Morgan fingerprint density at radius 2 is 0.857 bits per heavy atom. The zero-order chi connectivity index (χ0) is 29.3. The maximum Gasteiger partial charge on any atom is 0.248 e. The van der Waals surface area contributed by atoms with Crippen molar-refractivity contribution in [3.63, 3.8) is 0 Å². The summed E-state index contributed by atoms with van der Waals surface area (Å²) in [6, 6.07) is 8.43. The van der Waals surface area contributed by atoms with Gasteiger partial charge in [0.2, 0.25) is 11.6 Å². The molecule has 0 atom stereocenters. The number of carbonyl (C=O) groups is 2. The molecular formula is C25H31N11O4Y2-2. The molecule has 0 unspecified atom stereocenters. The van der Waals surface area contributed by atoms with E-state index in [1.807, 2.05) is 12.1 Å². The summed E-state index contributed by atoms with van der Waals surface area (Å²) in [6.45, 7) is 9.48. The van der Waals surface area contributed by atoms with Crippen molar-refractivity contribution < 1.29 is 85.6 Å². The Kier molecular flexibility index (Phi) is 37.2. The molecule has 7 N–H and O–H groups in total. The Morgan fingerprint density at radius 3 is 1.07 bits per heavy atom. The molecule has 0 saturated carbocycles. The maximum absolute atomic E-state index is 9.79. The van der Waals surface area contributed by atoms with Gasteiger partial charge in [-0.2, -0.15) is 26.3 Å². The third-order valence-electron chi connectivity index (χ3n) is 3.94. The number of carbonyl (C=O) groups excluding carboxylic acids is 2. The van der Waals surface area contributed by atoms with Gasteiger partial charge in [0.1, 0.15) is 41.7 Å². The number of hydrogen-bond donors (Lipinski definition) is 3. The molecule has 0 aliphatic heterocycles. The number of nitrogens with zero attached hydrogens (tertiary/aromatic N) is 9. The molecule has 0 aromatic carbocycles. The fourth-order valence-corrected chi connectivity index (χ4v) is 1.55. The molecule has 15 nitrogen and oxygen atoms in total. The smallest absolute Gasteiger partial charge is 0.248 e. The Morgan fingerprint density at radius 1 is 0.619 bits per heavy atom. The zero-order valence-corrected chi connectivity index (χ0v) is 30.3. The van der Waals surface area contributed by atoms with E-state index in [9.17, 15) is 9.59 Å². The van der Waals surface area contributed by atoms with Gasteiger partial charge in [0.15, 0.2) is 23.0 Å². The van der Waals surface area contributed by atoms with E-state index >= 15 is 0 Å². The molecule has 0 aliphatic carbocycles. The summed E-state index contributed by atoms with van der Waals surface area (Å²) in [5, 5.41) is 50.5. The minimum Gasteiger partial charge on any atom is -0.491 e. The quantitative estimate of drug-likeness (QED) is 0.209. The standard InChI is InChI=1S/C8H6N4.C7H7N3O.C4H4N4.C4H6O2.2CH3.H2O.2Y/c1-5-6(2)12-8(4-10)7(3-9)11-5;1-4-5(2)10-7(11)6(3-8)9-4;5-1-3(7)4(8)2-6;1-3(5)4(2)6;;;;;/h1-2H3;1-2H3,(H,10,11);7-8H2;1-2H3;2*1H3;1H2;;/q;;;;2*-1;;;/b;;4-3-;;;;;;. The van der Waals surface area contributed by atoms with Crippen molar-refractivity contribution in [2.75, 3.05) is 0 Å². The molecule has 0 aliphatic rings. The number of nitriles is 5. The van der Waals surface area contributed by atoms with Crippen LogP contribution in [-0.4, -0.2) is 42.1 Å². The molecule has 2 aromatic rings. The van der Waals surface area contributed by atoms with Crippen LogP contribution < -0.4 is 11.5 Å². The largest absolute Gasteiger partial charge is 0.491 e. The van der Waals surface area contributed by atoms with E-state index in [2.05, 4.69) is 19.9 Å². The van der Waals surface area contributed by atoms with Crippen molar-refractivity contribution in [1.29, 1.82) is 26.3 Å². The van der Waals surface area contributed by atoms with Crippen LogP contribution >= 0.6 is 0 Å². The number of rotatable bonds is 1. The molecule has 0 bridgehead atoms. The van der Waals surface area contributed by atoms with E-state index in [1.54, 1.807) is 33.8 Å². The fraction of sp³-hybridized carbons (Fsp3) is 0.240. The van der Waals surface area contributed by atoms with Gasteiger partial charge in [-0.15, -0.1) is 0 Å². The summed E-state index contributed by atoms with van der Waals surface area (Å²) in [5.74, 6) is -1.05. The van der Waals surface area contributed by atoms with Crippen LogP contribution in [0.5, 0.6) is 5.88 Å². The first-order chi connectivity index (χ1) is 17.2. The van der Waals surface area contributed by atoms with Crippen molar-refractivity contribution in [2.45, 2.75) is 41.5 Å². The average molecular weight is 727 g/mol. The molecule has 0 spiro atoms. The number of hydrogen-bond acceptors (Lipinski definition) is 14. The van der Waals surface area contributed by atoms with E-state index in [0.29, 0.717) is 22.8 Å². The van der Waals surface area contributed by atoms with Gasteiger partial charge in [-0.1, -0.05) is 0 Å². The average Bonchev–Trinajstić information content (AvgIpc) is 2.87. The van der Waals surface area contributed by atoms with Crippen molar-refractivity contribution >= 4 is 11.6 Å². The molecule has 42 heavy (non-hydrogen) atoms. The number of aromatic hydroxyl groups is 1. The van der Waals surface area contributed by atoms with Gasteiger partial charge in [-0.3, -0.25) is 9.59 Å². The van der Waals surface area contributed by atoms with E-state index in [4.69, 9.17) is 42.9 Å². The maximum atomic E-state index is 9.79. The van der Waals surface area contributed by atoms with Crippen LogP contribution in [-0.2, 0) is 75.0 Å². The van der Waals surface area contributed by atoms with E-state index in [-0.39, 0.29) is 132 Å². The SMILES string of the molecule is CC(=O)C(C)=O.Cc1nc(C#N)c(C#N)nc1C.Cc1nc(O)c(C#N)nc1C.N#C/C(N)=C(/N)C#N.O.[CH3-].[CH3-].[Y].[Y]. The Balaban J connectivity index is -0.0000000770. The first kappa shape index (κ1) is 54.4. The topological polar surface area (TPSA) is 308 Å². The van der Waals surface area contributed by atoms with Crippen LogP contribution in [0, 0.1) is 99.2 Å². The molecule has 0 amide bonds. The second kappa shape index (κ2) is 28.8. The van der Waals surface area contributed by atoms with Gasteiger partial charge in [0.25, 0.3) is 0 Å². The minimum atomic E-state index is -0.380. The molecule has 2 rings (SSSR count). The summed E-state index contributed by atoms with van der Waals surface area (Å²) in [6.07, 6.45) is 0. The number of Topliss-reactive ketones (excluding diaryl/α,β-unsaturated/α-hetero) is 2. The van der Waals surface area contributed by atoms with Crippen LogP contribution in [0.2, 0.25) is 0 Å². The first-order valence-corrected chi connectivity index (χ1v) is 9.87. The normalized spacial score (nSPS) is 8.02. The van der Waals surface area contributed by atoms with Crippen LogP contribution in [0.15, 0.2) is 11.4 Å². The predicted molar refractivity (Wildman–Crippen MR) is 143 cm³/mol. The molecule has 17 heteroatoms.